The van der Waals surface area contributed by atoms with Gasteiger partial charge in [-0.05, 0) is 0 Å². The summed E-state index contributed by atoms with van der Waals surface area (Å²) in [6.45, 7) is 0. The van der Waals surface area contributed by atoms with Crippen molar-refractivity contribution in [3.63, 3.8) is 0 Å². The van der Waals surface area contributed by atoms with E-state index in [1.807, 2.05) is 0 Å². The van der Waals surface area contributed by atoms with E-state index in [4.69, 9.17) is 0 Å². The molecule has 0 amide bonds. The van der Waals surface area contributed by atoms with Gasteiger partial charge < -0.3 is 0 Å². The molecular weight excluding hydrogens is 450 g/mol. The fourth-order valence-electron chi connectivity index (χ4n) is 1.73. The summed E-state index contributed by atoms with van der Waals surface area (Å²) < 4.78 is 205. The van der Waals surface area contributed by atoms with Gasteiger partial charge in [-0.1, -0.05) is 0 Å². The summed E-state index contributed by atoms with van der Waals surface area (Å²) >= 11 is 0. The molecule has 1 rings (SSSR count). The summed E-state index contributed by atoms with van der Waals surface area (Å²) in [4.78, 5) is -3.45. The van der Waals surface area contributed by atoms with Crippen LogP contribution in [-0.2, 0) is 6.18 Å². The lowest BCUT2D eigenvalue weighted by Gasteiger charge is -2.39. The molecule has 162 valence electrons. The number of hydrogen-bond acceptors (Lipinski definition) is 1. The van der Waals surface area contributed by atoms with Crippen molar-refractivity contribution in [3.05, 3.63) is 29.1 Å². The van der Waals surface area contributed by atoms with Crippen LogP contribution in [0.2, 0.25) is 0 Å². The lowest BCUT2D eigenvalue weighted by molar-refractivity contribution is -0.339. The van der Waals surface area contributed by atoms with Gasteiger partial charge in [0, 0.05) is 6.07 Å². The van der Waals surface area contributed by atoms with Crippen LogP contribution in [0.15, 0.2) is 6.07 Å². The Morgan fingerprint density at radius 3 is 1.21 bits per heavy atom. The van der Waals surface area contributed by atoms with Crippen LogP contribution in [0.4, 0.5) is 75.9 Å². The van der Waals surface area contributed by atoms with Crippen molar-refractivity contribution in [2.45, 2.75) is 30.6 Å². The second kappa shape index (κ2) is 6.47. The highest BCUT2D eigenvalue weighted by Gasteiger charge is 2.75. The Morgan fingerprint density at radius 1 is 0.571 bits per heavy atom. The highest BCUT2D eigenvalue weighted by molar-refractivity contribution is 5.55. The molecule has 28 heavy (non-hydrogen) atoms. The molecule has 0 fully saturated rings. The van der Waals surface area contributed by atoms with Crippen molar-refractivity contribution >= 4 is 5.69 Å². The number of benzene rings is 1. The Bertz CT molecular complexity index is 713. The first kappa shape index (κ1) is 23.9. The first-order valence-electron chi connectivity index (χ1n) is 6.02. The molecule has 0 bridgehead atoms. The molecule has 0 radical (unpaired) electrons. The summed E-state index contributed by atoms with van der Waals surface area (Å²) in [6, 6.07) is -16.2. The fourth-order valence-corrected chi connectivity index (χ4v) is 1.73. The Kier molecular flexibility index (Phi) is 5.53. The third-order valence-corrected chi connectivity index (χ3v) is 2.91. The molecule has 0 aliphatic heterocycles. The Labute approximate surface area is 142 Å². The number of halogens is 16. The van der Waals surface area contributed by atoms with E-state index >= 15 is 0 Å². The molecule has 0 N–H and O–H groups in total. The average molecular weight is 451 g/mol. The standard InChI is InChI=1S/C11HF16N/c12-2-1-3(6(14)4(5(2)13)7(15,16)17)28(10(24,25)8(18,19)20)11(26,27)9(21,22)23/h1H. The van der Waals surface area contributed by atoms with Gasteiger partial charge in [-0.15, -0.1) is 0 Å². The lowest BCUT2D eigenvalue weighted by atomic mass is 10.1. The van der Waals surface area contributed by atoms with E-state index in [9.17, 15) is 70.2 Å². The van der Waals surface area contributed by atoms with Crippen LogP contribution in [0.1, 0.15) is 5.56 Å². The quantitative estimate of drug-likeness (QED) is 0.299. The van der Waals surface area contributed by atoms with Crippen molar-refractivity contribution in [3.8, 4) is 0 Å². The Morgan fingerprint density at radius 2 is 0.929 bits per heavy atom. The minimum Gasteiger partial charge on any atom is -0.235 e. The van der Waals surface area contributed by atoms with Gasteiger partial charge in [0.2, 0.25) is 0 Å². The summed E-state index contributed by atoms with van der Waals surface area (Å²) in [5, 5.41) is 0. The molecular formula is C11HF16N. The van der Waals surface area contributed by atoms with E-state index in [0.717, 1.165) is 0 Å². The molecule has 0 atom stereocenters. The average Bonchev–Trinajstić information content (AvgIpc) is 2.40. The van der Waals surface area contributed by atoms with E-state index in [1.54, 1.807) is 0 Å². The molecule has 0 aromatic heterocycles. The van der Waals surface area contributed by atoms with Gasteiger partial charge in [0.05, 0.1) is 5.69 Å². The van der Waals surface area contributed by atoms with Crippen LogP contribution in [0.3, 0.4) is 0 Å². The number of nitrogens with zero attached hydrogens (tertiary/aromatic N) is 1. The molecule has 17 heteroatoms. The van der Waals surface area contributed by atoms with Crippen molar-refractivity contribution < 1.29 is 70.2 Å². The summed E-state index contributed by atoms with van der Waals surface area (Å²) in [5.74, 6) is -10.2. The molecule has 0 saturated heterocycles. The van der Waals surface area contributed by atoms with Crippen LogP contribution in [0.25, 0.3) is 0 Å². The van der Waals surface area contributed by atoms with Gasteiger partial charge in [-0.2, -0.15) is 57.1 Å². The summed E-state index contributed by atoms with van der Waals surface area (Å²) in [6.07, 6.45) is -21.1. The molecule has 0 spiro atoms. The van der Waals surface area contributed by atoms with Crippen molar-refractivity contribution in [1.29, 1.82) is 0 Å². The van der Waals surface area contributed by atoms with Crippen molar-refractivity contribution in [2.75, 3.05) is 4.90 Å². The molecule has 1 aromatic rings. The second-order valence-corrected chi connectivity index (χ2v) is 4.79. The van der Waals surface area contributed by atoms with Crippen LogP contribution in [0, 0.1) is 17.5 Å². The zero-order chi connectivity index (χ0) is 22.7. The maximum atomic E-state index is 13.7. The highest BCUT2D eigenvalue weighted by Crippen LogP contribution is 2.52. The highest BCUT2D eigenvalue weighted by atomic mass is 19.4. The smallest absolute Gasteiger partial charge is 0.235 e. The van der Waals surface area contributed by atoms with Crippen molar-refractivity contribution in [1.82, 2.24) is 0 Å². The van der Waals surface area contributed by atoms with Crippen LogP contribution < -0.4 is 4.90 Å². The minimum absolute atomic E-state index is 1.43. The van der Waals surface area contributed by atoms with Crippen LogP contribution in [-0.4, -0.2) is 24.4 Å². The predicted molar refractivity (Wildman–Crippen MR) is 55.8 cm³/mol. The summed E-state index contributed by atoms with van der Waals surface area (Å²) in [5.41, 5.74) is -7.15. The van der Waals surface area contributed by atoms with Gasteiger partial charge in [-0.25, -0.2) is 18.1 Å². The number of hydrogen-bond donors (Lipinski definition) is 0. The number of rotatable bonds is 3. The Balaban J connectivity index is 4.08. The van der Waals surface area contributed by atoms with E-state index < -0.39 is 70.3 Å². The van der Waals surface area contributed by atoms with E-state index in [-0.39, 0.29) is 0 Å². The van der Waals surface area contributed by atoms with Gasteiger partial charge >= 0.3 is 30.6 Å². The molecule has 0 unspecified atom stereocenters. The maximum absolute atomic E-state index is 13.7. The third kappa shape index (κ3) is 3.74. The van der Waals surface area contributed by atoms with E-state index in [1.165, 1.54) is 0 Å². The molecule has 0 heterocycles. The first-order valence-corrected chi connectivity index (χ1v) is 6.02. The largest absolute Gasteiger partial charge is 0.475 e. The minimum atomic E-state index is -7.39. The monoisotopic (exact) mass is 451 g/mol. The molecule has 0 saturated carbocycles. The molecule has 0 aliphatic carbocycles. The number of alkyl halides is 13. The fraction of sp³-hybridized carbons (Fsp3) is 0.455. The zero-order valence-electron chi connectivity index (χ0n) is 12.1. The lowest BCUT2D eigenvalue weighted by Crippen LogP contribution is -2.65. The summed E-state index contributed by atoms with van der Waals surface area (Å²) in [7, 11) is 0. The van der Waals surface area contributed by atoms with E-state index in [0.29, 0.717) is 0 Å². The molecule has 1 nitrogen and oxygen atoms in total. The van der Waals surface area contributed by atoms with E-state index in [2.05, 4.69) is 0 Å². The van der Waals surface area contributed by atoms with Gasteiger partial charge in [0.1, 0.15) is 5.56 Å². The van der Waals surface area contributed by atoms with Gasteiger partial charge in [0.15, 0.2) is 17.5 Å². The first-order chi connectivity index (χ1) is 12.1. The van der Waals surface area contributed by atoms with Crippen LogP contribution >= 0.6 is 0 Å². The second-order valence-electron chi connectivity index (χ2n) is 4.79. The van der Waals surface area contributed by atoms with Crippen LogP contribution in [0.5, 0.6) is 0 Å². The molecule has 0 aliphatic rings. The Hall–Kier alpha value is -2.10. The maximum Gasteiger partial charge on any atom is 0.475 e. The number of anilines is 1. The van der Waals surface area contributed by atoms with Crippen molar-refractivity contribution in [2.24, 2.45) is 0 Å². The zero-order valence-corrected chi connectivity index (χ0v) is 12.1. The van der Waals surface area contributed by atoms with Gasteiger partial charge in [-0.3, -0.25) is 0 Å². The topological polar surface area (TPSA) is 3.24 Å². The normalized spacial score (nSPS) is 14.4. The van der Waals surface area contributed by atoms with Gasteiger partial charge in [0.25, 0.3) is 0 Å². The predicted octanol–water partition coefficient (Wildman–Crippen LogP) is 6.24. The third-order valence-electron chi connectivity index (χ3n) is 2.91. The molecule has 1 aromatic carbocycles. The SMILES string of the molecule is Fc1cc(N(C(F)(F)C(F)(F)F)C(F)(F)C(F)(F)F)c(F)c(C(F)(F)F)c1F.